The second-order valence-electron chi connectivity index (χ2n) is 4.57. The summed E-state index contributed by atoms with van der Waals surface area (Å²) >= 11 is 0. The first-order chi connectivity index (χ1) is 10.4. The first kappa shape index (κ1) is 17.6. The van der Waals surface area contributed by atoms with Gasteiger partial charge < -0.3 is 25.0 Å². The number of carbonyl (C=O) groups is 2. The Kier molecular flexibility index (Phi) is 4.87. The second kappa shape index (κ2) is 6.38. The van der Waals surface area contributed by atoms with Gasteiger partial charge in [0.1, 0.15) is 5.56 Å². The minimum atomic E-state index is -1.64. The monoisotopic (exact) mass is 338 g/mol. The number of carboxylic acids is 2. The summed E-state index contributed by atoms with van der Waals surface area (Å²) in [7, 11) is 0. The van der Waals surface area contributed by atoms with Gasteiger partial charge in [0.15, 0.2) is 5.43 Å². The number of rotatable bonds is 2. The van der Waals surface area contributed by atoms with Crippen molar-refractivity contribution in [1.29, 1.82) is 0 Å². The van der Waals surface area contributed by atoms with Gasteiger partial charge in [-0.1, -0.05) is 0 Å². The maximum absolute atomic E-state index is 12.3. The Balaban J connectivity index is 0.00000192. The predicted octanol–water partition coefficient (Wildman–Crippen LogP) is -3.56. The van der Waals surface area contributed by atoms with Crippen molar-refractivity contribution < 1.29 is 71.2 Å². The third-order valence-corrected chi connectivity index (χ3v) is 3.35. The Morgan fingerprint density at radius 1 is 1.00 bits per heavy atom. The molecule has 0 bridgehead atoms. The molecule has 3 rings (SSSR count). The molecule has 0 radical (unpaired) electrons. The third-order valence-electron chi connectivity index (χ3n) is 3.35. The van der Waals surface area contributed by atoms with E-state index in [9.17, 15) is 24.3 Å². The molecule has 2 aromatic heterocycles. The van der Waals surface area contributed by atoms with E-state index in [-0.39, 0.29) is 67.7 Å². The van der Waals surface area contributed by atoms with Crippen LogP contribution in [0.5, 0.6) is 0 Å². The maximum atomic E-state index is 12.3. The smallest absolute Gasteiger partial charge is 0.545 e. The Morgan fingerprint density at radius 3 is 2.26 bits per heavy atom. The van der Waals surface area contributed by atoms with Crippen LogP contribution in [0.2, 0.25) is 0 Å². The van der Waals surface area contributed by atoms with Crippen molar-refractivity contribution in [2.45, 2.75) is 0 Å². The SMILES string of the molecule is O=C([O-])c1c[nH]c2c(ccc3[nH]cc(C(=O)O)c(=O)c32)c1=O.[K+]. The van der Waals surface area contributed by atoms with Crippen molar-refractivity contribution in [3.63, 3.8) is 0 Å². The average molecular weight is 338 g/mol. The number of nitrogens with one attached hydrogen (secondary N) is 2. The Labute approximate surface area is 169 Å². The Morgan fingerprint density at radius 2 is 1.65 bits per heavy atom. The number of hydrogen-bond donors (Lipinski definition) is 3. The molecule has 2 heterocycles. The molecule has 0 saturated carbocycles. The van der Waals surface area contributed by atoms with Gasteiger partial charge in [0, 0.05) is 17.8 Å². The van der Waals surface area contributed by atoms with Crippen LogP contribution in [0, 0.1) is 0 Å². The molecule has 0 fully saturated rings. The van der Waals surface area contributed by atoms with Crippen molar-refractivity contribution in [2.75, 3.05) is 0 Å². The predicted molar refractivity (Wildman–Crippen MR) is 74.0 cm³/mol. The number of H-pyrrole nitrogens is 2. The van der Waals surface area contributed by atoms with Crippen LogP contribution in [0.1, 0.15) is 20.7 Å². The molecule has 0 spiro atoms. The largest absolute Gasteiger partial charge is 1.00 e. The van der Waals surface area contributed by atoms with Gasteiger partial charge in [-0.15, -0.1) is 0 Å². The van der Waals surface area contributed by atoms with E-state index in [0.29, 0.717) is 5.52 Å². The zero-order chi connectivity index (χ0) is 16.0. The van der Waals surface area contributed by atoms with Crippen molar-refractivity contribution in [3.8, 4) is 0 Å². The van der Waals surface area contributed by atoms with E-state index in [2.05, 4.69) is 9.97 Å². The summed E-state index contributed by atoms with van der Waals surface area (Å²) in [6, 6.07) is 2.75. The molecule has 0 amide bonds. The number of carbonyl (C=O) groups excluding carboxylic acids is 1. The summed E-state index contributed by atoms with van der Waals surface area (Å²) in [4.78, 5) is 51.5. The third kappa shape index (κ3) is 2.77. The van der Waals surface area contributed by atoms with E-state index >= 15 is 0 Å². The van der Waals surface area contributed by atoms with Crippen molar-refractivity contribution in [3.05, 3.63) is 56.1 Å². The van der Waals surface area contributed by atoms with Gasteiger partial charge in [-0.05, 0) is 12.1 Å². The molecule has 3 N–H and O–H groups in total. The minimum absolute atomic E-state index is 0. The molecule has 0 aliphatic carbocycles. The summed E-state index contributed by atoms with van der Waals surface area (Å²) < 4.78 is 0. The number of benzene rings is 1. The fourth-order valence-corrected chi connectivity index (χ4v) is 2.31. The quantitative estimate of drug-likeness (QED) is 0.326. The van der Waals surface area contributed by atoms with Gasteiger partial charge in [0.2, 0.25) is 5.43 Å². The van der Waals surface area contributed by atoms with Crippen LogP contribution in [0.3, 0.4) is 0 Å². The summed E-state index contributed by atoms with van der Waals surface area (Å²) in [5, 5.41) is 19.8. The van der Waals surface area contributed by atoms with Gasteiger partial charge >= 0.3 is 57.4 Å². The molecule has 0 saturated heterocycles. The maximum Gasteiger partial charge on any atom is 1.00 e. The molecule has 9 heteroatoms. The molecule has 110 valence electrons. The van der Waals surface area contributed by atoms with E-state index in [1.165, 1.54) is 12.1 Å². The number of aromatic amines is 2. The van der Waals surface area contributed by atoms with Crippen LogP contribution in [0.15, 0.2) is 34.1 Å². The molecule has 3 aromatic rings. The normalized spacial score (nSPS) is 10.4. The summed E-state index contributed by atoms with van der Waals surface area (Å²) in [5.74, 6) is -3.05. The number of pyridine rings is 2. The van der Waals surface area contributed by atoms with Crippen LogP contribution in [0.4, 0.5) is 0 Å². The van der Waals surface area contributed by atoms with Crippen LogP contribution in [0.25, 0.3) is 21.8 Å². The first-order valence-corrected chi connectivity index (χ1v) is 6.06. The molecule has 0 aliphatic rings. The fourth-order valence-electron chi connectivity index (χ4n) is 2.31. The first-order valence-electron chi connectivity index (χ1n) is 6.06. The zero-order valence-electron chi connectivity index (χ0n) is 11.8. The second-order valence-corrected chi connectivity index (χ2v) is 4.57. The molecule has 1 aromatic carbocycles. The summed E-state index contributed by atoms with van der Waals surface area (Å²) in [6.07, 6.45) is 1.98. The minimum Gasteiger partial charge on any atom is -0.545 e. The van der Waals surface area contributed by atoms with E-state index in [1.54, 1.807) is 0 Å². The van der Waals surface area contributed by atoms with Crippen molar-refractivity contribution in [1.82, 2.24) is 9.97 Å². The number of fused-ring (bicyclic) bond motifs is 3. The van der Waals surface area contributed by atoms with Gasteiger partial charge in [0.05, 0.1) is 28.0 Å². The molecular formula is C14H7KN2O6. The Hall–Kier alpha value is -1.78. The van der Waals surface area contributed by atoms with Gasteiger partial charge in [-0.2, -0.15) is 0 Å². The Bertz CT molecular complexity index is 1080. The number of carboxylic acid groups (broad SMARTS) is 2. The number of aromatic nitrogens is 2. The van der Waals surface area contributed by atoms with Crippen LogP contribution < -0.4 is 67.3 Å². The fraction of sp³-hybridized carbons (Fsp3) is 0. The standard InChI is InChI=1S/C14H8N2O6.K/c17-11-5-1-2-8-9(10(5)16-4-6(11)13(19)20)12(18)7(3-15-8)14(21)22;/h1-4H,(H,15,18)(H,16,17)(H,19,20)(H,21,22);/q;+1/p-1. The van der Waals surface area contributed by atoms with Crippen molar-refractivity contribution >= 4 is 33.7 Å². The molecule has 8 nitrogen and oxygen atoms in total. The summed E-state index contributed by atoms with van der Waals surface area (Å²) in [6.45, 7) is 0. The molecule has 0 aliphatic heterocycles. The number of hydrogen-bond acceptors (Lipinski definition) is 5. The van der Waals surface area contributed by atoms with E-state index in [1.807, 2.05) is 0 Å². The van der Waals surface area contributed by atoms with Crippen molar-refractivity contribution in [2.24, 2.45) is 0 Å². The van der Waals surface area contributed by atoms with Gasteiger partial charge in [0.25, 0.3) is 0 Å². The van der Waals surface area contributed by atoms with Gasteiger partial charge in [-0.3, -0.25) is 9.59 Å². The van der Waals surface area contributed by atoms with E-state index in [0.717, 1.165) is 12.4 Å². The molecule has 0 atom stereocenters. The zero-order valence-corrected chi connectivity index (χ0v) is 14.9. The average Bonchev–Trinajstić information content (AvgIpc) is 2.46. The molecular weight excluding hydrogens is 331 g/mol. The summed E-state index contributed by atoms with van der Waals surface area (Å²) in [5.41, 5.74) is -2.25. The topological polar surface area (TPSA) is 143 Å². The molecule has 23 heavy (non-hydrogen) atoms. The van der Waals surface area contributed by atoms with Crippen LogP contribution in [-0.4, -0.2) is 27.0 Å². The van der Waals surface area contributed by atoms with Crippen LogP contribution in [-0.2, 0) is 0 Å². The van der Waals surface area contributed by atoms with E-state index in [4.69, 9.17) is 5.11 Å². The van der Waals surface area contributed by atoms with E-state index < -0.39 is 33.9 Å². The van der Waals surface area contributed by atoms with Crippen LogP contribution >= 0.6 is 0 Å². The van der Waals surface area contributed by atoms with Gasteiger partial charge in [-0.25, -0.2) is 4.79 Å². The number of aromatic carboxylic acids is 2. The molecule has 0 unspecified atom stereocenters.